The summed E-state index contributed by atoms with van der Waals surface area (Å²) in [6.07, 6.45) is 0.279. The highest BCUT2D eigenvalue weighted by Crippen LogP contribution is 2.21. The fraction of sp³-hybridized carbons (Fsp3) is 0.375. The molecule has 1 heterocycles. The van der Waals surface area contributed by atoms with Crippen LogP contribution in [0, 0.1) is 0 Å². The number of hydrogen-bond acceptors (Lipinski definition) is 2. The lowest BCUT2D eigenvalue weighted by molar-refractivity contribution is 0.151. The molecule has 0 saturated carbocycles. The van der Waals surface area contributed by atoms with Crippen LogP contribution in [0.2, 0.25) is 0 Å². The van der Waals surface area contributed by atoms with Crippen molar-refractivity contribution in [1.29, 1.82) is 0 Å². The van der Waals surface area contributed by atoms with Crippen molar-refractivity contribution in [2.75, 3.05) is 19.0 Å². The molecule has 0 aliphatic heterocycles. The minimum Gasteiger partial charge on any atom is -0.376 e. The SMILES string of the molecule is CN(C)c1cncc(C(F)F)c1. The standard InChI is InChI=1S/C8H10F2N2/c1-12(2)7-3-6(8(9)10)4-11-5-7/h3-5,8H,1-2H3. The Bertz CT molecular complexity index is 238. The van der Waals surface area contributed by atoms with E-state index >= 15 is 0 Å². The minimum atomic E-state index is -2.45. The summed E-state index contributed by atoms with van der Waals surface area (Å²) in [5.74, 6) is 0. The lowest BCUT2D eigenvalue weighted by Crippen LogP contribution is -2.09. The number of alkyl halides is 2. The van der Waals surface area contributed by atoms with Crippen LogP contribution in [0.15, 0.2) is 18.5 Å². The van der Waals surface area contributed by atoms with Crippen molar-refractivity contribution in [3.05, 3.63) is 24.0 Å². The predicted molar refractivity (Wildman–Crippen MR) is 43.5 cm³/mol. The smallest absolute Gasteiger partial charge is 0.265 e. The van der Waals surface area contributed by atoms with Gasteiger partial charge in [0.25, 0.3) is 6.43 Å². The molecule has 0 unspecified atom stereocenters. The molecule has 0 amide bonds. The topological polar surface area (TPSA) is 16.1 Å². The molecule has 12 heavy (non-hydrogen) atoms. The Balaban J connectivity index is 2.96. The zero-order valence-corrected chi connectivity index (χ0v) is 6.96. The predicted octanol–water partition coefficient (Wildman–Crippen LogP) is 2.09. The van der Waals surface area contributed by atoms with E-state index in [9.17, 15) is 8.78 Å². The molecular weight excluding hydrogens is 162 g/mol. The van der Waals surface area contributed by atoms with Gasteiger partial charge in [0.1, 0.15) is 0 Å². The van der Waals surface area contributed by atoms with Crippen molar-refractivity contribution in [2.24, 2.45) is 0 Å². The number of rotatable bonds is 2. The van der Waals surface area contributed by atoms with Gasteiger partial charge in [0.2, 0.25) is 0 Å². The zero-order chi connectivity index (χ0) is 9.14. The Hall–Kier alpha value is -1.19. The van der Waals surface area contributed by atoms with E-state index < -0.39 is 6.43 Å². The normalized spacial score (nSPS) is 10.4. The molecule has 0 bridgehead atoms. The molecule has 0 N–H and O–H groups in total. The van der Waals surface area contributed by atoms with E-state index in [2.05, 4.69) is 4.98 Å². The van der Waals surface area contributed by atoms with Gasteiger partial charge in [-0.2, -0.15) is 0 Å². The fourth-order valence-corrected chi connectivity index (χ4v) is 0.809. The van der Waals surface area contributed by atoms with Crippen LogP contribution in [0.1, 0.15) is 12.0 Å². The first-order chi connectivity index (χ1) is 5.61. The summed E-state index contributed by atoms with van der Waals surface area (Å²) in [6.45, 7) is 0. The molecule has 0 spiro atoms. The van der Waals surface area contributed by atoms with Crippen LogP contribution in [0.3, 0.4) is 0 Å². The average molecular weight is 172 g/mol. The summed E-state index contributed by atoms with van der Waals surface area (Å²) in [6, 6.07) is 1.43. The van der Waals surface area contributed by atoms with E-state index in [-0.39, 0.29) is 5.56 Å². The zero-order valence-electron chi connectivity index (χ0n) is 6.96. The Morgan fingerprint density at radius 1 is 1.33 bits per heavy atom. The van der Waals surface area contributed by atoms with E-state index in [1.807, 2.05) is 0 Å². The van der Waals surface area contributed by atoms with Gasteiger partial charge in [-0.15, -0.1) is 0 Å². The van der Waals surface area contributed by atoms with Crippen molar-refractivity contribution >= 4 is 5.69 Å². The van der Waals surface area contributed by atoms with Crippen molar-refractivity contribution in [3.63, 3.8) is 0 Å². The number of aromatic nitrogens is 1. The molecule has 1 rings (SSSR count). The van der Waals surface area contributed by atoms with Crippen LogP contribution in [0.25, 0.3) is 0 Å². The molecule has 0 saturated heterocycles. The second kappa shape index (κ2) is 3.47. The lowest BCUT2D eigenvalue weighted by atomic mass is 10.2. The first-order valence-electron chi connectivity index (χ1n) is 3.51. The van der Waals surface area contributed by atoms with Crippen molar-refractivity contribution in [1.82, 2.24) is 4.98 Å². The second-order valence-electron chi connectivity index (χ2n) is 2.67. The lowest BCUT2D eigenvalue weighted by Gasteiger charge is -2.12. The quantitative estimate of drug-likeness (QED) is 0.679. The van der Waals surface area contributed by atoms with Gasteiger partial charge in [-0.05, 0) is 6.07 Å². The Morgan fingerprint density at radius 3 is 2.50 bits per heavy atom. The maximum Gasteiger partial charge on any atom is 0.265 e. The highest BCUT2D eigenvalue weighted by molar-refractivity contribution is 5.44. The molecule has 0 aromatic carbocycles. The molecule has 1 aromatic rings. The first kappa shape index (κ1) is 8.90. The van der Waals surface area contributed by atoms with Crippen LogP contribution in [-0.2, 0) is 0 Å². The van der Waals surface area contributed by atoms with Crippen LogP contribution in [-0.4, -0.2) is 19.1 Å². The number of anilines is 1. The molecule has 0 fully saturated rings. The number of nitrogens with zero attached hydrogens (tertiary/aromatic N) is 2. The van der Waals surface area contributed by atoms with Gasteiger partial charge >= 0.3 is 0 Å². The number of pyridine rings is 1. The number of hydrogen-bond donors (Lipinski definition) is 0. The van der Waals surface area contributed by atoms with E-state index in [1.54, 1.807) is 25.2 Å². The van der Waals surface area contributed by atoms with Gasteiger partial charge in [-0.25, -0.2) is 8.78 Å². The summed E-state index contributed by atoms with van der Waals surface area (Å²) in [5, 5.41) is 0. The van der Waals surface area contributed by atoms with Gasteiger partial charge in [-0.1, -0.05) is 0 Å². The second-order valence-corrected chi connectivity index (χ2v) is 2.67. The third-order valence-corrected chi connectivity index (χ3v) is 1.51. The molecule has 1 aromatic heterocycles. The van der Waals surface area contributed by atoms with Gasteiger partial charge in [0.05, 0.1) is 11.9 Å². The van der Waals surface area contributed by atoms with Gasteiger partial charge in [0, 0.05) is 25.9 Å². The third-order valence-electron chi connectivity index (χ3n) is 1.51. The Morgan fingerprint density at radius 2 is 2.00 bits per heavy atom. The largest absolute Gasteiger partial charge is 0.376 e. The average Bonchev–Trinajstić information content (AvgIpc) is 2.04. The highest BCUT2D eigenvalue weighted by Gasteiger charge is 2.07. The van der Waals surface area contributed by atoms with Crippen LogP contribution < -0.4 is 4.90 Å². The van der Waals surface area contributed by atoms with Crippen molar-refractivity contribution in [3.8, 4) is 0 Å². The number of halogens is 2. The summed E-state index contributed by atoms with van der Waals surface area (Å²) < 4.78 is 24.3. The van der Waals surface area contributed by atoms with Crippen LogP contribution in [0.4, 0.5) is 14.5 Å². The molecule has 2 nitrogen and oxygen atoms in total. The molecule has 0 radical (unpaired) electrons. The molecule has 0 aliphatic carbocycles. The minimum absolute atomic E-state index is 0.0406. The maximum absolute atomic E-state index is 12.2. The van der Waals surface area contributed by atoms with Crippen molar-refractivity contribution < 1.29 is 8.78 Å². The first-order valence-corrected chi connectivity index (χ1v) is 3.51. The van der Waals surface area contributed by atoms with Crippen molar-refractivity contribution in [2.45, 2.75) is 6.43 Å². The molecule has 4 heteroatoms. The highest BCUT2D eigenvalue weighted by atomic mass is 19.3. The summed E-state index contributed by atoms with van der Waals surface area (Å²) >= 11 is 0. The van der Waals surface area contributed by atoms with Crippen LogP contribution in [0.5, 0.6) is 0 Å². The Labute approximate surface area is 69.8 Å². The molecule has 0 aliphatic rings. The van der Waals surface area contributed by atoms with Gasteiger partial charge < -0.3 is 4.90 Å². The van der Waals surface area contributed by atoms with Gasteiger partial charge in [-0.3, -0.25) is 4.98 Å². The van der Waals surface area contributed by atoms with E-state index in [1.165, 1.54) is 12.3 Å². The van der Waals surface area contributed by atoms with E-state index in [0.29, 0.717) is 5.69 Å². The summed E-state index contributed by atoms with van der Waals surface area (Å²) in [4.78, 5) is 5.44. The monoisotopic (exact) mass is 172 g/mol. The van der Waals surface area contributed by atoms with Gasteiger partial charge in [0.15, 0.2) is 0 Å². The molecular formula is C8H10F2N2. The fourth-order valence-electron chi connectivity index (χ4n) is 0.809. The molecule has 0 atom stereocenters. The Kier molecular flexibility index (Phi) is 2.58. The summed E-state index contributed by atoms with van der Waals surface area (Å²) in [5.41, 5.74) is 0.647. The maximum atomic E-state index is 12.2. The van der Waals surface area contributed by atoms with E-state index in [0.717, 1.165) is 0 Å². The molecule has 66 valence electrons. The summed E-state index contributed by atoms with van der Waals surface area (Å²) in [7, 11) is 3.57. The van der Waals surface area contributed by atoms with Crippen LogP contribution >= 0.6 is 0 Å². The van der Waals surface area contributed by atoms with E-state index in [4.69, 9.17) is 0 Å². The third kappa shape index (κ3) is 1.90.